The van der Waals surface area contributed by atoms with Gasteiger partial charge in [-0.15, -0.1) is 0 Å². The maximum atomic E-state index is 14.4. The molecule has 1 unspecified atom stereocenters. The van der Waals surface area contributed by atoms with Crippen molar-refractivity contribution in [3.63, 3.8) is 0 Å². The number of hydrogen-bond donors (Lipinski definition) is 2. The summed E-state index contributed by atoms with van der Waals surface area (Å²) in [6, 6.07) is 3.65. The monoisotopic (exact) mass is 457 g/mol. The highest BCUT2D eigenvalue weighted by molar-refractivity contribution is 7.92. The SMILES string of the molecule is COc1ccc(-c2cc3n(c2)C(=O)N(CCC(C)(C(=O)NO)S(C)(=O)=O)C3)c(F)c1F. The summed E-state index contributed by atoms with van der Waals surface area (Å²) in [6.45, 7) is 1.16. The van der Waals surface area contributed by atoms with Crippen molar-refractivity contribution in [3.8, 4) is 16.9 Å². The first-order chi connectivity index (χ1) is 14.4. The molecule has 1 aromatic heterocycles. The van der Waals surface area contributed by atoms with Crippen LogP contribution in [0.1, 0.15) is 19.0 Å². The van der Waals surface area contributed by atoms with E-state index in [-0.39, 0.29) is 30.8 Å². The largest absolute Gasteiger partial charge is 0.494 e. The van der Waals surface area contributed by atoms with E-state index in [1.165, 1.54) is 46.5 Å². The van der Waals surface area contributed by atoms with E-state index < -0.39 is 38.2 Å². The minimum absolute atomic E-state index is 0.0381. The maximum Gasteiger partial charge on any atom is 0.328 e. The molecule has 0 spiro atoms. The number of nitrogens with zero attached hydrogens (tertiary/aromatic N) is 2. The molecule has 2 heterocycles. The van der Waals surface area contributed by atoms with E-state index >= 15 is 0 Å². The summed E-state index contributed by atoms with van der Waals surface area (Å²) in [7, 11) is -2.68. The van der Waals surface area contributed by atoms with Crippen LogP contribution in [0, 0.1) is 11.6 Å². The van der Waals surface area contributed by atoms with Gasteiger partial charge in [-0.25, -0.2) is 23.1 Å². The molecule has 1 aliphatic heterocycles. The number of aromatic nitrogens is 1. The zero-order valence-corrected chi connectivity index (χ0v) is 17.8. The van der Waals surface area contributed by atoms with Crippen molar-refractivity contribution in [2.24, 2.45) is 0 Å². The summed E-state index contributed by atoms with van der Waals surface area (Å²) in [5, 5.41) is 8.89. The molecule has 1 atom stereocenters. The topological polar surface area (TPSA) is 118 Å². The second-order valence-corrected chi connectivity index (χ2v) is 9.88. The summed E-state index contributed by atoms with van der Waals surface area (Å²) in [5.41, 5.74) is 2.10. The lowest BCUT2D eigenvalue weighted by Crippen LogP contribution is -2.50. The summed E-state index contributed by atoms with van der Waals surface area (Å²) >= 11 is 0. The van der Waals surface area contributed by atoms with Crippen LogP contribution in [0.4, 0.5) is 13.6 Å². The first-order valence-electron chi connectivity index (χ1n) is 9.11. The lowest BCUT2D eigenvalue weighted by Gasteiger charge is -2.27. The van der Waals surface area contributed by atoms with Crippen LogP contribution in [0.25, 0.3) is 11.1 Å². The van der Waals surface area contributed by atoms with Crippen LogP contribution in [0.3, 0.4) is 0 Å². The van der Waals surface area contributed by atoms with Crippen LogP contribution in [0.5, 0.6) is 5.75 Å². The minimum atomic E-state index is -3.90. The Morgan fingerprint density at radius 1 is 1.32 bits per heavy atom. The van der Waals surface area contributed by atoms with Crippen LogP contribution in [0.2, 0.25) is 0 Å². The Morgan fingerprint density at radius 2 is 2.00 bits per heavy atom. The smallest absolute Gasteiger partial charge is 0.328 e. The van der Waals surface area contributed by atoms with Crippen molar-refractivity contribution in [1.29, 1.82) is 0 Å². The molecule has 0 radical (unpaired) electrons. The molecular weight excluding hydrogens is 436 g/mol. The maximum absolute atomic E-state index is 14.4. The molecule has 9 nitrogen and oxygen atoms in total. The summed E-state index contributed by atoms with van der Waals surface area (Å²) in [4.78, 5) is 25.9. The Balaban J connectivity index is 1.81. The zero-order chi connectivity index (χ0) is 23.1. The van der Waals surface area contributed by atoms with Crippen LogP contribution in [-0.2, 0) is 21.2 Å². The van der Waals surface area contributed by atoms with E-state index in [0.29, 0.717) is 11.3 Å². The number of halogens is 2. The Hall–Kier alpha value is -2.99. The van der Waals surface area contributed by atoms with Gasteiger partial charge in [0, 0.05) is 35.8 Å². The van der Waals surface area contributed by atoms with Gasteiger partial charge in [0.2, 0.25) is 5.82 Å². The quantitative estimate of drug-likeness (QED) is 0.485. The fraction of sp³-hybridized carbons (Fsp3) is 0.368. The van der Waals surface area contributed by atoms with Gasteiger partial charge < -0.3 is 9.64 Å². The highest BCUT2D eigenvalue weighted by Gasteiger charge is 2.44. The predicted molar refractivity (Wildman–Crippen MR) is 105 cm³/mol. The summed E-state index contributed by atoms with van der Waals surface area (Å²) < 4.78 is 56.6. The number of fused-ring (bicyclic) bond motifs is 1. The number of carbonyl (C=O) groups is 2. The molecule has 2 N–H and O–H groups in total. The Bertz CT molecular complexity index is 1160. The number of sulfone groups is 1. The third kappa shape index (κ3) is 3.76. The average Bonchev–Trinajstić information content (AvgIpc) is 3.25. The van der Waals surface area contributed by atoms with Gasteiger partial charge in [-0.05, 0) is 31.5 Å². The van der Waals surface area contributed by atoms with Crippen LogP contribution in [0.15, 0.2) is 24.4 Å². The highest BCUT2D eigenvalue weighted by Crippen LogP contribution is 2.33. The van der Waals surface area contributed by atoms with E-state index in [4.69, 9.17) is 9.94 Å². The van der Waals surface area contributed by atoms with Gasteiger partial charge in [0.25, 0.3) is 5.91 Å². The van der Waals surface area contributed by atoms with Crippen LogP contribution in [-0.4, -0.2) is 59.7 Å². The number of nitrogens with one attached hydrogen (secondary N) is 1. The fourth-order valence-corrected chi connectivity index (χ4v) is 4.24. The predicted octanol–water partition coefficient (Wildman–Crippen LogP) is 1.92. The van der Waals surface area contributed by atoms with E-state index in [1.54, 1.807) is 0 Å². The second kappa shape index (κ2) is 7.93. The lowest BCUT2D eigenvalue weighted by atomic mass is 10.1. The standard InChI is InChI=1S/C19H21F2N3O6S/c1-19(17(25)22-27,31(3,28)29)6-7-23-10-12-8-11(9-24(12)18(23)26)13-4-5-14(30-2)16(21)15(13)20/h4-5,8-9,27H,6-7,10H2,1-3H3,(H,22,25). The Morgan fingerprint density at radius 3 is 2.55 bits per heavy atom. The van der Waals surface area contributed by atoms with Crippen molar-refractivity contribution in [2.75, 3.05) is 19.9 Å². The number of hydrogen-bond acceptors (Lipinski definition) is 6. The molecule has 168 valence electrons. The summed E-state index contributed by atoms with van der Waals surface area (Å²) in [5.74, 6) is -3.58. The Kier molecular flexibility index (Phi) is 5.80. The molecule has 0 saturated heterocycles. The fourth-order valence-electron chi connectivity index (χ4n) is 3.39. The number of carbonyl (C=O) groups excluding carboxylic acids is 2. The number of ether oxygens (including phenoxy) is 1. The van der Waals surface area contributed by atoms with Crippen molar-refractivity contribution in [2.45, 2.75) is 24.6 Å². The Labute approximate surface area is 177 Å². The molecule has 0 fully saturated rings. The third-order valence-electron chi connectivity index (χ3n) is 5.57. The molecule has 31 heavy (non-hydrogen) atoms. The molecule has 0 aliphatic carbocycles. The average molecular weight is 457 g/mol. The molecular formula is C19H21F2N3O6S. The van der Waals surface area contributed by atoms with Crippen molar-refractivity contribution >= 4 is 21.8 Å². The zero-order valence-electron chi connectivity index (χ0n) is 17.0. The number of rotatable bonds is 7. The lowest BCUT2D eigenvalue weighted by molar-refractivity contribution is -0.131. The van der Waals surface area contributed by atoms with Crippen LogP contribution >= 0.6 is 0 Å². The first-order valence-corrected chi connectivity index (χ1v) is 11.0. The molecule has 1 aliphatic rings. The van der Waals surface area contributed by atoms with Gasteiger partial charge in [0.15, 0.2) is 26.2 Å². The van der Waals surface area contributed by atoms with Crippen molar-refractivity contribution < 1.29 is 36.7 Å². The molecule has 3 rings (SSSR count). The van der Waals surface area contributed by atoms with Crippen molar-refractivity contribution in [3.05, 3.63) is 41.7 Å². The minimum Gasteiger partial charge on any atom is -0.494 e. The number of methoxy groups -OCH3 is 1. The third-order valence-corrected chi connectivity index (χ3v) is 7.59. The second-order valence-electron chi connectivity index (χ2n) is 7.43. The van der Waals surface area contributed by atoms with Crippen molar-refractivity contribution in [1.82, 2.24) is 14.9 Å². The molecule has 1 aromatic carbocycles. The highest BCUT2D eigenvalue weighted by atomic mass is 32.2. The van der Waals surface area contributed by atoms with Gasteiger partial charge in [-0.1, -0.05) is 0 Å². The summed E-state index contributed by atoms with van der Waals surface area (Å²) in [6.07, 6.45) is 1.98. The van der Waals surface area contributed by atoms with E-state index in [0.717, 1.165) is 13.2 Å². The number of amides is 2. The molecule has 2 aromatic rings. The number of benzene rings is 1. The molecule has 0 saturated carbocycles. The van der Waals surface area contributed by atoms with E-state index in [2.05, 4.69) is 0 Å². The van der Waals surface area contributed by atoms with Gasteiger partial charge in [0.1, 0.15) is 0 Å². The molecule has 12 heteroatoms. The molecule has 2 amide bonds. The van der Waals surface area contributed by atoms with Crippen LogP contribution < -0.4 is 10.2 Å². The van der Waals surface area contributed by atoms with Gasteiger partial charge >= 0.3 is 6.03 Å². The molecule has 0 bridgehead atoms. The van der Waals surface area contributed by atoms with Gasteiger partial charge in [-0.2, -0.15) is 4.39 Å². The van der Waals surface area contributed by atoms with Gasteiger partial charge in [-0.3, -0.25) is 14.6 Å². The van der Waals surface area contributed by atoms with Gasteiger partial charge in [0.05, 0.1) is 13.7 Å². The first kappa shape index (κ1) is 22.7. The van der Waals surface area contributed by atoms with E-state index in [1.807, 2.05) is 0 Å². The number of hydroxylamine groups is 1. The normalized spacial score (nSPS) is 15.5. The van der Waals surface area contributed by atoms with E-state index in [9.17, 15) is 26.8 Å².